The highest BCUT2D eigenvalue weighted by Crippen LogP contribution is 2.22. The second-order valence-corrected chi connectivity index (χ2v) is 5.14. The third-order valence-corrected chi connectivity index (χ3v) is 3.56. The molecule has 0 aliphatic rings. The van der Waals surface area contributed by atoms with E-state index >= 15 is 0 Å². The summed E-state index contributed by atoms with van der Waals surface area (Å²) in [4.78, 5) is 11.6. The van der Waals surface area contributed by atoms with Gasteiger partial charge >= 0.3 is 5.97 Å². The predicted octanol–water partition coefficient (Wildman–Crippen LogP) is 3.95. The molecule has 2 aromatic rings. The quantitative estimate of drug-likeness (QED) is 0.822. The Labute approximate surface area is 129 Å². The van der Waals surface area contributed by atoms with Gasteiger partial charge in [0.25, 0.3) is 0 Å². The van der Waals surface area contributed by atoms with Crippen LogP contribution in [0.2, 0.25) is 5.02 Å². The van der Waals surface area contributed by atoms with Crippen molar-refractivity contribution in [3.63, 3.8) is 0 Å². The van der Waals surface area contributed by atoms with E-state index in [2.05, 4.69) is 29.1 Å². The Morgan fingerprint density at radius 3 is 2.90 bits per heavy atom. The summed E-state index contributed by atoms with van der Waals surface area (Å²) in [5.41, 5.74) is 2.41. The summed E-state index contributed by atoms with van der Waals surface area (Å²) in [7, 11) is 1.34. The number of aryl methyl sites for hydroxylation is 1. The summed E-state index contributed by atoms with van der Waals surface area (Å²) < 4.78 is 6.93. The van der Waals surface area contributed by atoms with Crippen molar-refractivity contribution >= 4 is 23.3 Å². The molecule has 4 nitrogen and oxygen atoms in total. The highest BCUT2D eigenvalue weighted by molar-refractivity contribution is 6.33. The Morgan fingerprint density at radius 1 is 1.38 bits per heavy atom. The summed E-state index contributed by atoms with van der Waals surface area (Å²) in [5, 5.41) is 3.70. The molecule has 0 saturated heterocycles. The number of halogens is 1. The van der Waals surface area contributed by atoms with E-state index in [-0.39, 0.29) is 0 Å². The Hall–Kier alpha value is -1.94. The van der Waals surface area contributed by atoms with Crippen LogP contribution in [-0.2, 0) is 17.8 Å². The van der Waals surface area contributed by atoms with Crippen molar-refractivity contribution in [3.8, 4) is 0 Å². The summed E-state index contributed by atoms with van der Waals surface area (Å²) in [5.74, 6) is -0.432. The molecule has 0 aliphatic heterocycles. The number of hydrogen-bond acceptors (Lipinski definition) is 3. The van der Waals surface area contributed by atoms with Gasteiger partial charge in [-0.05, 0) is 36.8 Å². The first kappa shape index (κ1) is 15.4. The van der Waals surface area contributed by atoms with Gasteiger partial charge in [-0.3, -0.25) is 0 Å². The first-order valence-corrected chi connectivity index (χ1v) is 7.29. The molecule has 0 spiro atoms. The molecule has 0 fully saturated rings. The van der Waals surface area contributed by atoms with Crippen molar-refractivity contribution in [3.05, 3.63) is 52.8 Å². The third kappa shape index (κ3) is 3.79. The van der Waals surface area contributed by atoms with E-state index in [0.717, 1.165) is 18.7 Å². The lowest BCUT2D eigenvalue weighted by atomic mass is 10.2. The maximum absolute atomic E-state index is 11.6. The van der Waals surface area contributed by atoms with Gasteiger partial charge in [0.1, 0.15) is 0 Å². The molecule has 1 N–H and O–H groups in total. The van der Waals surface area contributed by atoms with Gasteiger partial charge < -0.3 is 14.6 Å². The SMILES string of the molecule is CCCn1cccc1CNc1ccc(Cl)c(C(=O)OC)c1. The number of carbonyl (C=O) groups is 1. The van der Waals surface area contributed by atoms with Crippen LogP contribution in [0.3, 0.4) is 0 Å². The molecule has 112 valence electrons. The maximum atomic E-state index is 11.6. The van der Waals surface area contributed by atoms with Crippen LogP contribution in [-0.4, -0.2) is 17.6 Å². The molecule has 5 heteroatoms. The van der Waals surface area contributed by atoms with Gasteiger partial charge in [-0.1, -0.05) is 18.5 Å². The van der Waals surface area contributed by atoms with Gasteiger partial charge in [-0.25, -0.2) is 4.79 Å². The van der Waals surface area contributed by atoms with E-state index in [9.17, 15) is 4.79 Å². The van der Waals surface area contributed by atoms with Gasteiger partial charge in [0.05, 0.1) is 24.2 Å². The molecule has 0 bridgehead atoms. The molecule has 0 saturated carbocycles. The summed E-state index contributed by atoms with van der Waals surface area (Å²) in [6.45, 7) is 3.84. The zero-order chi connectivity index (χ0) is 15.2. The summed E-state index contributed by atoms with van der Waals surface area (Å²) in [6, 6.07) is 9.37. The van der Waals surface area contributed by atoms with E-state index < -0.39 is 5.97 Å². The predicted molar refractivity (Wildman–Crippen MR) is 84.8 cm³/mol. The smallest absolute Gasteiger partial charge is 0.339 e. The van der Waals surface area contributed by atoms with Crippen LogP contribution in [0.15, 0.2) is 36.5 Å². The number of anilines is 1. The number of ether oxygens (including phenoxy) is 1. The van der Waals surface area contributed by atoms with Crippen LogP contribution in [0.1, 0.15) is 29.4 Å². The molecule has 0 aliphatic carbocycles. The van der Waals surface area contributed by atoms with Crippen LogP contribution in [0.4, 0.5) is 5.69 Å². The monoisotopic (exact) mass is 306 g/mol. The molecule has 1 aromatic heterocycles. The third-order valence-electron chi connectivity index (χ3n) is 3.23. The number of methoxy groups -OCH3 is 1. The second kappa shape index (κ2) is 7.18. The van der Waals surface area contributed by atoms with E-state index in [1.54, 1.807) is 12.1 Å². The van der Waals surface area contributed by atoms with Crippen molar-refractivity contribution in [2.24, 2.45) is 0 Å². The molecule has 1 heterocycles. The molecule has 2 rings (SSSR count). The minimum atomic E-state index is -0.432. The lowest BCUT2D eigenvalue weighted by Crippen LogP contribution is -2.08. The second-order valence-electron chi connectivity index (χ2n) is 4.73. The van der Waals surface area contributed by atoms with E-state index in [0.29, 0.717) is 17.1 Å². The summed E-state index contributed by atoms with van der Waals surface area (Å²) >= 11 is 6.00. The highest BCUT2D eigenvalue weighted by Gasteiger charge is 2.11. The molecule has 0 radical (unpaired) electrons. The standard InChI is InChI=1S/C16H19ClN2O2/c1-3-8-19-9-4-5-13(19)11-18-12-6-7-15(17)14(10-12)16(20)21-2/h4-7,9-10,18H,3,8,11H2,1-2H3. The normalized spacial score (nSPS) is 10.4. The number of rotatable bonds is 6. The molecule has 0 unspecified atom stereocenters. The van der Waals surface area contributed by atoms with Crippen molar-refractivity contribution < 1.29 is 9.53 Å². The first-order chi connectivity index (χ1) is 10.2. The average Bonchev–Trinajstić information content (AvgIpc) is 2.93. The van der Waals surface area contributed by atoms with Crippen molar-refractivity contribution in [1.29, 1.82) is 0 Å². The van der Waals surface area contributed by atoms with Gasteiger partial charge in [-0.15, -0.1) is 0 Å². The van der Waals surface area contributed by atoms with Crippen LogP contribution in [0, 0.1) is 0 Å². The fourth-order valence-corrected chi connectivity index (χ4v) is 2.36. The van der Waals surface area contributed by atoms with Crippen LogP contribution < -0.4 is 5.32 Å². The largest absolute Gasteiger partial charge is 0.465 e. The van der Waals surface area contributed by atoms with Crippen LogP contribution in [0.25, 0.3) is 0 Å². The Kier molecular flexibility index (Phi) is 5.28. The molecule has 21 heavy (non-hydrogen) atoms. The fraction of sp³-hybridized carbons (Fsp3) is 0.312. The minimum Gasteiger partial charge on any atom is -0.465 e. The number of aromatic nitrogens is 1. The van der Waals surface area contributed by atoms with E-state index in [4.69, 9.17) is 16.3 Å². The van der Waals surface area contributed by atoms with Crippen LogP contribution >= 0.6 is 11.6 Å². The zero-order valence-corrected chi connectivity index (χ0v) is 13.0. The Bertz CT molecular complexity index is 622. The van der Waals surface area contributed by atoms with Gasteiger partial charge in [-0.2, -0.15) is 0 Å². The van der Waals surface area contributed by atoms with Crippen molar-refractivity contribution in [2.45, 2.75) is 26.4 Å². The lowest BCUT2D eigenvalue weighted by molar-refractivity contribution is 0.0601. The number of carbonyl (C=O) groups excluding carboxylic acids is 1. The van der Waals surface area contributed by atoms with Gasteiger partial charge in [0, 0.05) is 24.1 Å². The molecular weight excluding hydrogens is 288 g/mol. The molecule has 0 atom stereocenters. The van der Waals surface area contributed by atoms with Gasteiger partial charge in [0.15, 0.2) is 0 Å². The topological polar surface area (TPSA) is 43.3 Å². The zero-order valence-electron chi connectivity index (χ0n) is 12.2. The first-order valence-electron chi connectivity index (χ1n) is 6.91. The lowest BCUT2D eigenvalue weighted by Gasteiger charge is -2.11. The molecular formula is C16H19ClN2O2. The van der Waals surface area contributed by atoms with E-state index in [1.165, 1.54) is 12.8 Å². The van der Waals surface area contributed by atoms with Gasteiger partial charge in [0.2, 0.25) is 0 Å². The van der Waals surface area contributed by atoms with Crippen molar-refractivity contribution in [2.75, 3.05) is 12.4 Å². The highest BCUT2D eigenvalue weighted by atomic mass is 35.5. The van der Waals surface area contributed by atoms with Crippen LogP contribution in [0.5, 0.6) is 0 Å². The number of nitrogens with one attached hydrogen (secondary N) is 1. The fourth-order valence-electron chi connectivity index (χ4n) is 2.16. The number of benzene rings is 1. The Morgan fingerprint density at radius 2 is 2.19 bits per heavy atom. The van der Waals surface area contributed by atoms with E-state index in [1.807, 2.05) is 12.1 Å². The number of nitrogens with zero attached hydrogens (tertiary/aromatic N) is 1. The average molecular weight is 307 g/mol. The number of hydrogen-bond donors (Lipinski definition) is 1. The minimum absolute atomic E-state index is 0.369. The Balaban J connectivity index is 2.09. The number of esters is 1. The van der Waals surface area contributed by atoms with Crippen molar-refractivity contribution in [1.82, 2.24) is 4.57 Å². The summed E-state index contributed by atoms with van der Waals surface area (Å²) in [6.07, 6.45) is 3.16. The maximum Gasteiger partial charge on any atom is 0.339 e. The molecule has 1 aromatic carbocycles. The molecule has 0 amide bonds.